The van der Waals surface area contributed by atoms with Gasteiger partial charge < -0.3 is 9.84 Å². The van der Waals surface area contributed by atoms with E-state index in [4.69, 9.17) is 9.84 Å². The fourth-order valence-electron chi connectivity index (χ4n) is 1.72. The Bertz CT molecular complexity index is 319. The molecular formula is C14H22O2. The Morgan fingerprint density at radius 2 is 2.06 bits per heavy atom. The minimum Gasteiger partial charge on any atom is -0.493 e. The third-order valence-corrected chi connectivity index (χ3v) is 2.44. The summed E-state index contributed by atoms with van der Waals surface area (Å²) in [7, 11) is 0. The fraction of sp³-hybridized carbons (Fsp3) is 0.571. The molecule has 0 amide bonds. The van der Waals surface area contributed by atoms with Crippen LogP contribution >= 0.6 is 0 Å². The number of aryl methyl sites for hydroxylation is 1. The lowest BCUT2D eigenvalue weighted by Crippen LogP contribution is -2.02. The second kappa shape index (κ2) is 6.54. The maximum absolute atomic E-state index is 8.68. The molecule has 0 bridgehead atoms. The molecular weight excluding hydrogens is 200 g/mol. The number of rotatable bonds is 6. The Kier molecular flexibility index (Phi) is 5.33. The van der Waals surface area contributed by atoms with Crippen molar-refractivity contribution in [3.63, 3.8) is 0 Å². The summed E-state index contributed by atoms with van der Waals surface area (Å²) in [6, 6.07) is 6.35. The topological polar surface area (TPSA) is 29.5 Å². The van der Waals surface area contributed by atoms with Gasteiger partial charge in [-0.05, 0) is 36.5 Å². The summed E-state index contributed by atoms with van der Waals surface area (Å²) in [6.07, 6.45) is 1.80. The molecule has 0 aromatic heterocycles. The van der Waals surface area contributed by atoms with Gasteiger partial charge in [-0.3, -0.25) is 0 Å². The van der Waals surface area contributed by atoms with Crippen molar-refractivity contribution >= 4 is 0 Å². The zero-order valence-electron chi connectivity index (χ0n) is 10.5. The molecule has 0 fully saturated rings. The maximum Gasteiger partial charge on any atom is 0.122 e. The molecule has 0 aliphatic rings. The highest BCUT2D eigenvalue weighted by atomic mass is 16.5. The molecule has 0 radical (unpaired) electrons. The van der Waals surface area contributed by atoms with Crippen molar-refractivity contribution in [2.24, 2.45) is 5.92 Å². The molecule has 0 saturated carbocycles. The van der Waals surface area contributed by atoms with Crippen LogP contribution in [0.15, 0.2) is 18.2 Å². The molecule has 1 aromatic rings. The second-order valence-electron chi connectivity index (χ2n) is 4.62. The first-order valence-corrected chi connectivity index (χ1v) is 5.96. The lowest BCUT2D eigenvalue weighted by molar-refractivity contribution is 0.233. The van der Waals surface area contributed by atoms with Gasteiger partial charge in [-0.15, -0.1) is 0 Å². The highest BCUT2D eigenvalue weighted by Gasteiger charge is 2.03. The predicted molar refractivity (Wildman–Crippen MR) is 66.9 cm³/mol. The molecule has 1 rings (SSSR count). The van der Waals surface area contributed by atoms with E-state index in [1.807, 2.05) is 6.07 Å². The smallest absolute Gasteiger partial charge is 0.122 e. The zero-order valence-corrected chi connectivity index (χ0v) is 10.5. The highest BCUT2D eigenvalue weighted by molar-refractivity contribution is 5.36. The summed E-state index contributed by atoms with van der Waals surface area (Å²) in [4.78, 5) is 0. The lowest BCUT2D eigenvalue weighted by atomic mass is 10.0. The Labute approximate surface area is 98.3 Å². The van der Waals surface area contributed by atoms with Crippen LogP contribution in [0.4, 0.5) is 0 Å². The predicted octanol–water partition coefficient (Wildman–Crippen LogP) is 2.95. The van der Waals surface area contributed by atoms with Crippen LogP contribution in [0.5, 0.6) is 5.75 Å². The maximum atomic E-state index is 8.68. The molecule has 1 aromatic carbocycles. The van der Waals surface area contributed by atoms with Gasteiger partial charge in [0.2, 0.25) is 0 Å². The molecule has 0 spiro atoms. The number of hydrogen-bond acceptors (Lipinski definition) is 2. The van der Waals surface area contributed by atoms with Gasteiger partial charge in [0.05, 0.1) is 6.61 Å². The van der Waals surface area contributed by atoms with Crippen molar-refractivity contribution < 1.29 is 9.84 Å². The average Bonchev–Trinajstić information content (AvgIpc) is 2.20. The second-order valence-corrected chi connectivity index (χ2v) is 4.62. The summed E-state index contributed by atoms with van der Waals surface area (Å²) < 4.78 is 5.58. The van der Waals surface area contributed by atoms with E-state index >= 15 is 0 Å². The third-order valence-electron chi connectivity index (χ3n) is 2.44. The third kappa shape index (κ3) is 4.23. The van der Waals surface area contributed by atoms with Gasteiger partial charge in [0.1, 0.15) is 5.75 Å². The standard InChI is InChI=1S/C14H22O2/c1-11(2)9-13-5-6-14(12(3)10-13)16-8-4-7-15/h5-6,10-11,15H,4,7-9H2,1-3H3. The van der Waals surface area contributed by atoms with Gasteiger partial charge >= 0.3 is 0 Å². The molecule has 2 nitrogen and oxygen atoms in total. The van der Waals surface area contributed by atoms with E-state index in [-0.39, 0.29) is 6.61 Å². The van der Waals surface area contributed by atoms with Gasteiger partial charge in [-0.1, -0.05) is 26.0 Å². The highest BCUT2D eigenvalue weighted by Crippen LogP contribution is 2.20. The minimum absolute atomic E-state index is 0.185. The van der Waals surface area contributed by atoms with E-state index in [1.165, 1.54) is 11.1 Å². The molecule has 1 N–H and O–H groups in total. The van der Waals surface area contributed by atoms with Gasteiger partial charge in [-0.25, -0.2) is 0 Å². The van der Waals surface area contributed by atoms with Crippen LogP contribution in [-0.4, -0.2) is 18.3 Å². The summed E-state index contributed by atoms with van der Waals surface area (Å²) in [5.41, 5.74) is 2.54. The summed E-state index contributed by atoms with van der Waals surface area (Å²) in [6.45, 7) is 7.28. The van der Waals surface area contributed by atoms with Gasteiger partial charge in [0.15, 0.2) is 0 Å². The van der Waals surface area contributed by atoms with Gasteiger partial charge in [0.25, 0.3) is 0 Å². The normalized spacial score (nSPS) is 10.8. The van der Waals surface area contributed by atoms with Crippen LogP contribution in [0.25, 0.3) is 0 Å². The van der Waals surface area contributed by atoms with Gasteiger partial charge in [0, 0.05) is 13.0 Å². The van der Waals surface area contributed by atoms with E-state index in [1.54, 1.807) is 0 Å². The minimum atomic E-state index is 0.185. The van der Waals surface area contributed by atoms with Crippen LogP contribution < -0.4 is 4.74 Å². The molecule has 0 heterocycles. The first-order valence-electron chi connectivity index (χ1n) is 5.96. The first-order chi connectivity index (χ1) is 7.63. The largest absolute Gasteiger partial charge is 0.493 e. The molecule has 0 aliphatic carbocycles. The molecule has 0 aliphatic heterocycles. The van der Waals surface area contributed by atoms with E-state index in [2.05, 4.69) is 32.9 Å². The van der Waals surface area contributed by atoms with Crippen LogP contribution in [-0.2, 0) is 6.42 Å². The van der Waals surface area contributed by atoms with Crippen molar-refractivity contribution in [2.45, 2.75) is 33.6 Å². The molecule has 2 heteroatoms. The van der Waals surface area contributed by atoms with Crippen LogP contribution in [0.3, 0.4) is 0 Å². The lowest BCUT2D eigenvalue weighted by Gasteiger charge is -2.11. The Morgan fingerprint density at radius 3 is 2.62 bits per heavy atom. The summed E-state index contributed by atoms with van der Waals surface area (Å²) in [5, 5.41) is 8.68. The molecule has 0 atom stereocenters. The molecule has 16 heavy (non-hydrogen) atoms. The van der Waals surface area contributed by atoms with Crippen LogP contribution in [0.2, 0.25) is 0 Å². The average molecular weight is 222 g/mol. The van der Waals surface area contributed by atoms with Gasteiger partial charge in [-0.2, -0.15) is 0 Å². The van der Waals surface area contributed by atoms with E-state index in [0.29, 0.717) is 18.9 Å². The zero-order chi connectivity index (χ0) is 12.0. The van der Waals surface area contributed by atoms with Crippen LogP contribution in [0.1, 0.15) is 31.4 Å². The summed E-state index contributed by atoms with van der Waals surface area (Å²) in [5.74, 6) is 1.61. The Balaban J connectivity index is 2.60. The number of aliphatic hydroxyl groups is 1. The number of aliphatic hydroxyl groups excluding tert-OH is 1. The molecule has 0 saturated heterocycles. The van der Waals surface area contributed by atoms with Crippen molar-refractivity contribution in [2.75, 3.05) is 13.2 Å². The van der Waals surface area contributed by atoms with E-state index in [9.17, 15) is 0 Å². The SMILES string of the molecule is Cc1cc(CC(C)C)ccc1OCCCO. The first kappa shape index (κ1) is 13.0. The van der Waals surface area contributed by atoms with Crippen molar-refractivity contribution in [1.82, 2.24) is 0 Å². The molecule has 90 valence electrons. The van der Waals surface area contributed by atoms with Crippen molar-refractivity contribution in [1.29, 1.82) is 0 Å². The van der Waals surface area contributed by atoms with Crippen molar-refractivity contribution in [3.8, 4) is 5.75 Å². The quantitative estimate of drug-likeness (QED) is 0.750. The fourth-order valence-corrected chi connectivity index (χ4v) is 1.72. The molecule has 0 unspecified atom stereocenters. The van der Waals surface area contributed by atoms with E-state index in [0.717, 1.165) is 12.2 Å². The number of ether oxygens (including phenoxy) is 1. The van der Waals surface area contributed by atoms with Crippen LogP contribution in [0, 0.1) is 12.8 Å². The van der Waals surface area contributed by atoms with Crippen molar-refractivity contribution in [3.05, 3.63) is 29.3 Å². The van der Waals surface area contributed by atoms with E-state index < -0.39 is 0 Å². The number of hydrogen-bond donors (Lipinski definition) is 1. The summed E-state index contributed by atoms with van der Waals surface area (Å²) >= 11 is 0. The number of benzene rings is 1. The Hall–Kier alpha value is -1.02. The Morgan fingerprint density at radius 1 is 1.31 bits per heavy atom. The monoisotopic (exact) mass is 222 g/mol.